The highest BCUT2D eigenvalue weighted by Gasteiger charge is 2.26. The van der Waals surface area contributed by atoms with Crippen LogP contribution in [0, 0.1) is 23.0 Å². The van der Waals surface area contributed by atoms with Gasteiger partial charge in [0.2, 0.25) is 0 Å². The Morgan fingerprint density at radius 3 is 2.35 bits per heavy atom. The topological polar surface area (TPSA) is 20.2 Å². The molecule has 17 heavy (non-hydrogen) atoms. The summed E-state index contributed by atoms with van der Waals surface area (Å²) in [6.45, 7) is 5.75. The number of halogens is 3. The molecule has 1 nitrogen and oxygen atoms in total. The number of benzene rings is 1. The number of aliphatic hydroxyl groups is 1. The van der Waals surface area contributed by atoms with E-state index in [0.29, 0.717) is 0 Å². The van der Waals surface area contributed by atoms with Crippen molar-refractivity contribution in [3.8, 4) is 0 Å². The molecule has 1 atom stereocenters. The summed E-state index contributed by atoms with van der Waals surface area (Å²) in [5, 5.41) is 9.32. The van der Waals surface area contributed by atoms with Crippen LogP contribution >= 0.6 is 15.9 Å². The fourth-order valence-electron chi connectivity index (χ4n) is 1.65. The predicted octanol–water partition coefficient (Wildman–Crippen LogP) is 3.92. The van der Waals surface area contributed by atoms with E-state index in [1.807, 2.05) is 20.8 Å². The summed E-state index contributed by atoms with van der Waals surface area (Å²) >= 11 is 3.04. The summed E-state index contributed by atoms with van der Waals surface area (Å²) in [5.41, 5.74) is -0.163. The Bertz CT molecular complexity index is 399. The van der Waals surface area contributed by atoms with Gasteiger partial charge >= 0.3 is 0 Å². The first-order valence-electron chi connectivity index (χ1n) is 5.50. The fourth-order valence-corrected chi connectivity index (χ4v) is 2.02. The van der Waals surface area contributed by atoms with E-state index in [1.165, 1.54) is 12.1 Å². The monoisotopic (exact) mass is 306 g/mol. The van der Waals surface area contributed by atoms with E-state index in [9.17, 15) is 13.9 Å². The van der Waals surface area contributed by atoms with Crippen LogP contribution in [0.4, 0.5) is 8.78 Å². The zero-order valence-electron chi connectivity index (χ0n) is 10.2. The number of hydrogen-bond donors (Lipinski definition) is 1. The van der Waals surface area contributed by atoms with Crippen molar-refractivity contribution in [1.29, 1.82) is 0 Å². The Morgan fingerprint density at radius 1 is 1.29 bits per heavy atom. The third-order valence-electron chi connectivity index (χ3n) is 3.03. The highest BCUT2D eigenvalue weighted by atomic mass is 79.9. The molecule has 0 aliphatic heterocycles. The Labute approximate surface area is 109 Å². The largest absolute Gasteiger partial charge is 0.396 e. The SMILES string of the molecule is CC(C)(C)C(CO)Cc1c(F)ccc(Br)c1F. The van der Waals surface area contributed by atoms with Crippen molar-refractivity contribution in [3.05, 3.63) is 33.8 Å². The van der Waals surface area contributed by atoms with Gasteiger partial charge in [-0.3, -0.25) is 0 Å². The smallest absolute Gasteiger partial charge is 0.143 e. The van der Waals surface area contributed by atoms with E-state index in [1.54, 1.807) is 0 Å². The molecule has 0 saturated heterocycles. The first-order chi connectivity index (χ1) is 7.77. The predicted molar refractivity (Wildman–Crippen MR) is 67.8 cm³/mol. The molecule has 0 heterocycles. The molecule has 4 heteroatoms. The first kappa shape index (κ1) is 14.6. The van der Waals surface area contributed by atoms with E-state index in [0.717, 1.165) is 0 Å². The summed E-state index contributed by atoms with van der Waals surface area (Å²) in [6.07, 6.45) is 0.192. The van der Waals surface area contributed by atoms with Gasteiger partial charge in [0, 0.05) is 12.2 Å². The molecule has 1 aromatic carbocycles. The molecule has 1 aromatic rings. The maximum Gasteiger partial charge on any atom is 0.143 e. The van der Waals surface area contributed by atoms with Gasteiger partial charge in [-0.2, -0.15) is 0 Å². The zero-order valence-corrected chi connectivity index (χ0v) is 11.8. The molecule has 1 rings (SSSR count). The molecule has 0 spiro atoms. The van der Waals surface area contributed by atoms with Crippen molar-refractivity contribution >= 4 is 15.9 Å². The third kappa shape index (κ3) is 3.49. The van der Waals surface area contributed by atoms with Gasteiger partial charge in [0.1, 0.15) is 11.6 Å². The van der Waals surface area contributed by atoms with Gasteiger partial charge in [-0.15, -0.1) is 0 Å². The summed E-state index contributed by atoms with van der Waals surface area (Å²) in [5.74, 6) is -1.32. The molecule has 0 saturated carbocycles. The Hall–Kier alpha value is -0.480. The molecule has 1 N–H and O–H groups in total. The van der Waals surface area contributed by atoms with Gasteiger partial charge in [-0.25, -0.2) is 8.78 Å². The lowest BCUT2D eigenvalue weighted by Crippen LogP contribution is -2.26. The normalized spacial score (nSPS) is 13.8. The van der Waals surface area contributed by atoms with Crippen LogP contribution in [0.15, 0.2) is 16.6 Å². The van der Waals surface area contributed by atoms with E-state index < -0.39 is 11.6 Å². The maximum atomic E-state index is 13.8. The Morgan fingerprint density at radius 2 is 1.88 bits per heavy atom. The second-order valence-electron chi connectivity index (χ2n) is 5.27. The van der Waals surface area contributed by atoms with Crippen LogP contribution in [0.3, 0.4) is 0 Å². The molecule has 0 amide bonds. The zero-order chi connectivity index (χ0) is 13.2. The lowest BCUT2D eigenvalue weighted by atomic mass is 9.77. The highest BCUT2D eigenvalue weighted by Crippen LogP contribution is 2.31. The van der Waals surface area contributed by atoms with Gasteiger partial charge in [-0.05, 0) is 45.8 Å². The Balaban J connectivity index is 3.06. The minimum atomic E-state index is -0.576. The van der Waals surface area contributed by atoms with Crippen molar-refractivity contribution in [2.24, 2.45) is 11.3 Å². The third-order valence-corrected chi connectivity index (χ3v) is 3.65. The standard InChI is InChI=1S/C13H17BrF2O/c1-13(2,3)8(7-17)6-9-11(15)5-4-10(14)12(9)16/h4-5,8,17H,6-7H2,1-3H3. The molecular formula is C13H17BrF2O. The van der Waals surface area contributed by atoms with Crippen molar-refractivity contribution in [3.63, 3.8) is 0 Å². The van der Waals surface area contributed by atoms with Crippen LogP contribution < -0.4 is 0 Å². The molecule has 1 unspecified atom stereocenters. The minimum absolute atomic E-state index is 0.0355. The minimum Gasteiger partial charge on any atom is -0.396 e. The van der Waals surface area contributed by atoms with E-state index in [-0.39, 0.29) is 34.4 Å². The molecule has 0 aliphatic rings. The first-order valence-corrected chi connectivity index (χ1v) is 6.30. The number of rotatable bonds is 3. The van der Waals surface area contributed by atoms with Gasteiger partial charge in [-0.1, -0.05) is 20.8 Å². The number of aliphatic hydroxyl groups excluding tert-OH is 1. The van der Waals surface area contributed by atoms with Crippen molar-refractivity contribution in [2.75, 3.05) is 6.61 Å². The fraction of sp³-hybridized carbons (Fsp3) is 0.538. The van der Waals surface area contributed by atoms with Crippen LogP contribution in [0.25, 0.3) is 0 Å². The molecule has 96 valence electrons. The van der Waals surface area contributed by atoms with Crippen LogP contribution in [-0.2, 0) is 6.42 Å². The van der Waals surface area contributed by atoms with Crippen LogP contribution in [0.5, 0.6) is 0 Å². The summed E-state index contributed by atoms with van der Waals surface area (Å²) in [7, 11) is 0. The molecule has 0 aliphatic carbocycles. The van der Waals surface area contributed by atoms with E-state index in [4.69, 9.17) is 0 Å². The van der Waals surface area contributed by atoms with Gasteiger partial charge in [0.15, 0.2) is 0 Å². The number of hydrogen-bond acceptors (Lipinski definition) is 1. The quantitative estimate of drug-likeness (QED) is 0.839. The van der Waals surface area contributed by atoms with Crippen molar-refractivity contribution in [2.45, 2.75) is 27.2 Å². The summed E-state index contributed by atoms with van der Waals surface area (Å²) in [4.78, 5) is 0. The van der Waals surface area contributed by atoms with Crippen LogP contribution in [0.1, 0.15) is 26.3 Å². The summed E-state index contributed by atoms with van der Waals surface area (Å²) < 4.78 is 27.6. The highest BCUT2D eigenvalue weighted by molar-refractivity contribution is 9.10. The van der Waals surface area contributed by atoms with Gasteiger partial charge in [0.05, 0.1) is 4.47 Å². The average Bonchev–Trinajstić information content (AvgIpc) is 2.22. The Kier molecular flexibility index (Phi) is 4.67. The van der Waals surface area contributed by atoms with E-state index >= 15 is 0 Å². The van der Waals surface area contributed by atoms with Crippen LogP contribution in [-0.4, -0.2) is 11.7 Å². The second-order valence-corrected chi connectivity index (χ2v) is 6.13. The van der Waals surface area contributed by atoms with Crippen molar-refractivity contribution in [1.82, 2.24) is 0 Å². The molecule has 0 bridgehead atoms. The summed E-state index contributed by atoms with van der Waals surface area (Å²) in [6, 6.07) is 2.58. The molecule has 0 fully saturated rings. The lowest BCUT2D eigenvalue weighted by molar-refractivity contribution is 0.129. The van der Waals surface area contributed by atoms with Crippen molar-refractivity contribution < 1.29 is 13.9 Å². The van der Waals surface area contributed by atoms with Gasteiger partial charge in [0.25, 0.3) is 0 Å². The lowest BCUT2D eigenvalue weighted by Gasteiger charge is -2.29. The van der Waals surface area contributed by atoms with E-state index in [2.05, 4.69) is 15.9 Å². The van der Waals surface area contributed by atoms with Crippen LogP contribution in [0.2, 0.25) is 0 Å². The molecule has 0 radical (unpaired) electrons. The second kappa shape index (κ2) is 5.44. The molecular weight excluding hydrogens is 290 g/mol. The maximum absolute atomic E-state index is 13.8. The molecule has 0 aromatic heterocycles. The van der Waals surface area contributed by atoms with Gasteiger partial charge < -0.3 is 5.11 Å². The average molecular weight is 307 g/mol.